The molecular weight excluding hydrogens is 186 g/mol. The highest BCUT2D eigenvalue weighted by Gasteiger charge is 2.16. The van der Waals surface area contributed by atoms with Gasteiger partial charge in [-0.1, -0.05) is 33.8 Å². The number of aromatic amines is 1. The summed E-state index contributed by atoms with van der Waals surface area (Å²) in [4.78, 5) is 14.0. The molecule has 1 N–H and O–H groups in total. The van der Waals surface area contributed by atoms with Crippen molar-refractivity contribution in [3.05, 3.63) is 34.2 Å². The van der Waals surface area contributed by atoms with E-state index in [1.54, 1.807) is 6.07 Å². The Kier molecular flexibility index (Phi) is 4.13. The first-order valence-corrected chi connectivity index (χ1v) is 5.69. The van der Waals surface area contributed by atoms with Gasteiger partial charge in [0.1, 0.15) is 0 Å². The van der Waals surface area contributed by atoms with Gasteiger partial charge in [-0.25, -0.2) is 0 Å². The van der Waals surface area contributed by atoms with Crippen LogP contribution in [0.2, 0.25) is 0 Å². The minimum atomic E-state index is -0.00287. The molecule has 0 radical (unpaired) electrons. The topological polar surface area (TPSA) is 32.9 Å². The molecule has 0 aliphatic heterocycles. The van der Waals surface area contributed by atoms with E-state index in [-0.39, 0.29) is 5.56 Å². The molecule has 0 spiro atoms. The van der Waals surface area contributed by atoms with E-state index >= 15 is 0 Å². The second kappa shape index (κ2) is 5.15. The molecule has 0 amide bonds. The van der Waals surface area contributed by atoms with Gasteiger partial charge in [0.25, 0.3) is 0 Å². The molecule has 0 fully saturated rings. The van der Waals surface area contributed by atoms with Crippen LogP contribution in [0, 0.1) is 17.8 Å². The molecule has 0 aromatic carbocycles. The fourth-order valence-corrected chi connectivity index (χ4v) is 1.80. The number of pyridine rings is 1. The molecule has 0 bridgehead atoms. The van der Waals surface area contributed by atoms with Gasteiger partial charge < -0.3 is 4.98 Å². The SMILES string of the molecule is CC(C)C(C)C(C)Cc1cccc(=O)[nH]1. The average molecular weight is 207 g/mol. The second-order valence-corrected chi connectivity index (χ2v) is 4.82. The summed E-state index contributed by atoms with van der Waals surface area (Å²) in [6.45, 7) is 9.01. The van der Waals surface area contributed by atoms with Crippen LogP contribution < -0.4 is 5.56 Å². The third kappa shape index (κ3) is 3.54. The van der Waals surface area contributed by atoms with Gasteiger partial charge in [0, 0.05) is 11.8 Å². The standard InChI is InChI=1S/C13H21NO/c1-9(2)11(4)10(3)8-12-6-5-7-13(15)14-12/h5-7,9-11H,8H2,1-4H3,(H,14,15). The molecule has 1 heterocycles. The average Bonchev–Trinajstić information content (AvgIpc) is 2.16. The van der Waals surface area contributed by atoms with Gasteiger partial charge in [0.05, 0.1) is 0 Å². The molecule has 2 unspecified atom stereocenters. The fourth-order valence-electron chi connectivity index (χ4n) is 1.80. The van der Waals surface area contributed by atoms with Gasteiger partial charge in [-0.3, -0.25) is 4.79 Å². The molecule has 1 aromatic heterocycles. The van der Waals surface area contributed by atoms with Crippen molar-refractivity contribution < 1.29 is 0 Å². The Morgan fingerprint density at radius 1 is 1.20 bits per heavy atom. The van der Waals surface area contributed by atoms with Crippen LogP contribution in [-0.4, -0.2) is 4.98 Å². The summed E-state index contributed by atoms with van der Waals surface area (Å²) >= 11 is 0. The third-order valence-electron chi connectivity index (χ3n) is 3.32. The second-order valence-electron chi connectivity index (χ2n) is 4.82. The third-order valence-corrected chi connectivity index (χ3v) is 3.32. The molecule has 15 heavy (non-hydrogen) atoms. The maximum Gasteiger partial charge on any atom is 0.248 e. The van der Waals surface area contributed by atoms with Crippen LogP contribution in [0.25, 0.3) is 0 Å². The first kappa shape index (κ1) is 12.0. The Morgan fingerprint density at radius 3 is 2.40 bits per heavy atom. The van der Waals surface area contributed by atoms with Gasteiger partial charge in [-0.2, -0.15) is 0 Å². The van der Waals surface area contributed by atoms with Crippen LogP contribution in [0.3, 0.4) is 0 Å². The van der Waals surface area contributed by atoms with Crippen molar-refractivity contribution >= 4 is 0 Å². The minimum absolute atomic E-state index is 0.00287. The van der Waals surface area contributed by atoms with Crippen molar-refractivity contribution in [1.29, 1.82) is 0 Å². The highest BCUT2D eigenvalue weighted by Crippen LogP contribution is 2.22. The Morgan fingerprint density at radius 2 is 1.87 bits per heavy atom. The first-order chi connectivity index (χ1) is 7.00. The lowest BCUT2D eigenvalue weighted by atomic mass is 9.83. The van der Waals surface area contributed by atoms with Gasteiger partial charge in [-0.15, -0.1) is 0 Å². The lowest BCUT2D eigenvalue weighted by Crippen LogP contribution is -2.18. The van der Waals surface area contributed by atoms with E-state index in [9.17, 15) is 4.79 Å². The maximum absolute atomic E-state index is 11.1. The smallest absolute Gasteiger partial charge is 0.248 e. The van der Waals surface area contributed by atoms with Gasteiger partial charge in [-0.05, 0) is 30.2 Å². The van der Waals surface area contributed by atoms with E-state index < -0.39 is 0 Å². The van der Waals surface area contributed by atoms with Crippen molar-refractivity contribution in [2.75, 3.05) is 0 Å². The zero-order chi connectivity index (χ0) is 11.4. The number of rotatable bonds is 4. The number of hydrogen-bond acceptors (Lipinski definition) is 1. The lowest BCUT2D eigenvalue weighted by Gasteiger charge is -2.23. The molecule has 1 aromatic rings. The van der Waals surface area contributed by atoms with E-state index in [4.69, 9.17) is 0 Å². The van der Waals surface area contributed by atoms with Gasteiger partial charge in [0.2, 0.25) is 5.56 Å². The Balaban J connectivity index is 2.66. The Hall–Kier alpha value is -1.05. The van der Waals surface area contributed by atoms with Gasteiger partial charge >= 0.3 is 0 Å². The number of H-pyrrole nitrogens is 1. The Labute approximate surface area is 91.7 Å². The zero-order valence-electron chi connectivity index (χ0n) is 10.1. The highest BCUT2D eigenvalue weighted by molar-refractivity contribution is 5.04. The summed E-state index contributed by atoms with van der Waals surface area (Å²) in [5.41, 5.74) is 1.04. The molecule has 2 heteroatoms. The molecule has 0 aliphatic rings. The van der Waals surface area contributed by atoms with Crippen LogP contribution in [-0.2, 0) is 6.42 Å². The van der Waals surface area contributed by atoms with Crippen LogP contribution in [0.5, 0.6) is 0 Å². The van der Waals surface area contributed by atoms with Crippen molar-refractivity contribution in [2.24, 2.45) is 17.8 Å². The highest BCUT2D eigenvalue weighted by atomic mass is 16.1. The molecule has 0 saturated carbocycles. The maximum atomic E-state index is 11.1. The van der Waals surface area contributed by atoms with E-state index in [1.165, 1.54) is 0 Å². The number of hydrogen-bond donors (Lipinski definition) is 1. The lowest BCUT2D eigenvalue weighted by molar-refractivity contribution is 0.293. The molecule has 2 nitrogen and oxygen atoms in total. The predicted molar refractivity (Wildman–Crippen MR) is 63.9 cm³/mol. The summed E-state index contributed by atoms with van der Waals surface area (Å²) in [5.74, 6) is 1.96. The summed E-state index contributed by atoms with van der Waals surface area (Å²) in [6, 6.07) is 5.37. The van der Waals surface area contributed by atoms with Crippen molar-refractivity contribution in [1.82, 2.24) is 4.98 Å². The summed E-state index contributed by atoms with van der Waals surface area (Å²) in [5, 5.41) is 0. The molecule has 0 saturated heterocycles. The van der Waals surface area contributed by atoms with E-state index in [2.05, 4.69) is 32.7 Å². The molecule has 84 valence electrons. The number of aromatic nitrogens is 1. The fraction of sp³-hybridized carbons (Fsp3) is 0.615. The zero-order valence-corrected chi connectivity index (χ0v) is 10.1. The van der Waals surface area contributed by atoms with Crippen molar-refractivity contribution in [3.63, 3.8) is 0 Å². The molecular formula is C13H21NO. The minimum Gasteiger partial charge on any atom is -0.326 e. The quantitative estimate of drug-likeness (QED) is 0.809. The van der Waals surface area contributed by atoms with Crippen LogP contribution >= 0.6 is 0 Å². The number of nitrogens with one attached hydrogen (secondary N) is 1. The Bertz CT molecular complexity index is 354. The van der Waals surface area contributed by atoms with Gasteiger partial charge in [0.15, 0.2) is 0 Å². The van der Waals surface area contributed by atoms with E-state index in [0.29, 0.717) is 17.8 Å². The van der Waals surface area contributed by atoms with E-state index in [1.807, 2.05) is 12.1 Å². The van der Waals surface area contributed by atoms with Crippen LogP contribution in [0.1, 0.15) is 33.4 Å². The normalized spacial score (nSPS) is 15.3. The molecule has 1 rings (SSSR count). The summed E-state index contributed by atoms with van der Waals surface area (Å²) in [7, 11) is 0. The molecule has 2 atom stereocenters. The molecule has 0 aliphatic carbocycles. The van der Waals surface area contributed by atoms with Crippen molar-refractivity contribution in [3.8, 4) is 0 Å². The summed E-state index contributed by atoms with van der Waals surface area (Å²) < 4.78 is 0. The largest absolute Gasteiger partial charge is 0.326 e. The monoisotopic (exact) mass is 207 g/mol. The predicted octanol–water partition coefficient (Wildman–Crippen LogP) is 2.85. The van der Waals surface area contributed by atoms with Crippen LogP contribution in [0.4, 0.5) is 0 Å². The van der Waals surface area contributed by atoms with Crippen LogP contribution in [0.15, 0.2) is 23.0 Å². The van der Waals surface area contributed by atoms with E-state index in [0.717, 1.165) is 12.1 Å². The first-order valence-electron chi connectivity index (χ1n) is 5.69. The summed E-state index contributed by atoms with van der Waals surface area (Å²) in [6.07, 6.45) is 0.954. The van der Waals surface area contributed by atoms with Crippen molar-refractivity contribution in [2.45, 2.75) is 34.1 Å².